The van der Waals surface area contributed by atoms with Crippen molar-refractivity contribution >= 4 is 31.2 Å². The highest BCUT2D eigenvalue weighted by atomic mass is 31.1. The number of methoxy groups -OCH3 is 1. The van der Waals surface area contributed by atoms with Crippen LogP contribution in [0.15, 0.2) is 121 Å². The molecule has 2 aliphatic carbocycles. The summed E-state index contributed by atoms with van der Waals surface area (Å²) in [5.74, 6) is 2.91. The average Bonchev–Trinajstić information content (AvgIpc) is 3.87. The SMILES string of the molecule is COc1c(P(c2ccccc2)c2ccccc2OB(Oc2ccccc2)Oc2ccccc2)cc(C2CCCC2)c(F)c1C1CCCC1. The molecular weight excluding hydrogens is 617 g/mol. The van der Waals surface area contributed by atoms with Crippen LogP contribution in [0.5, 0.6) is 23.0 Å². The van der Waals surface area contributed by atoms with E-state index in [1.165, 1.54) is 0 Å². The molecule has 1 unspecified atom stereocenters. The third kappa shape index (κ3) is 7.10. The van der Waals surface area contributed by atoms with Gasteiger partial charge in [0, 0.05) is 16.2 Å². The lowest BCUT2D eigenvalue weighted by Crippen LogP contribution is -2.38. The minimum absolute atomic E-state index is 0.0467. The highest BCUT2D eigenvalue weighted by Crippen LogP contribution is 2.49. The lowest BCUT2D eigenvalue weighted by atomic mass is 9.89. The zero-order valence-electron chi connectivity index (χ0n) is 27.4. The van der Waals surface area contributed by atoms with E-state index in [1.807, 2.05) is 84.9 Å². The van der Waals surface area contributed by atoms with Gasteiger partial charge in [0.1, 0.15) is 28.8 Å². The molecule has 0 bridgehead atoms. The summed E-state index contributed by atoms with van der Waals surface area (Å²) < 4.78 is 42.4. The van der Waals surface area contributed by atoms with Crippen LogP contribution in [0, 0.1) is 5.82 Å². The van der Waals surface area contributed by atoms with E-state index in [4.69, 9.17) is 18.7 Å². The Bertz CT molecular complexity index is 1740. The largest absolute Gasteiger partial charge is 0.864 e. The van der Waals surface area contributed by atoms with Crippen molar-refractivity contribution in [3.05, 3.63) is 138 Å². The Morgan fingerprint density at radius 3 is 1.71 bits per heavy atom. The number of hydrogen-bond donors (Lipinski definition) is 0. The summed E-state index contributed by atoms with van der Waals surface area (Å²) in [6.07, 6.45) is 8.51. The smallest absolute Gasteiger partial charge is 0.496 e. The van der Waals surface area contributed by atoms with Crippen LogP contribution in [0.1, 0.15) is 74.3 Å². The lowest BCUT2D eigenvalue weighted by molar-refractivity contribution is 0.308. The second kappa shape index (κ2) is 15.3. The number of benzene rings is 5. The fourth-order valence-corrected chi connectivity index (χ4v) is 9.84. The number of hydrogen-bond acceptors (Lipinski definition) is 4. The average molecular weight is 659 g/mol. The van der Waals surface area contributed by atoms with Crippen molar-refractivity contribution < 1.29 is 23.1 Å². The molecule has 7 heteroatoms. The van der Waals surface area contributed by atoms with Crippen LogP contribution >= 0.6 is 7.92 Å². The highest BCUT2D eigenvalue weighted by Gasteiger charge is 2.36. The molecule has 1 atom stereocenters. The van der Waals surface area contributed by atoms with E-state index in [1.54, 1.807) is 7.11 Å². The molecule has 0 N–H and O–H groups in total. The Balaban J connectivity index is 1.37. The van der Waals surface area contributed by atoms with Gasteiger partial charge in [-0.3, -0.25) is 0 Å². The van der Waals surface area contributed by atoms with Gasteiger partial charge in [-0.1, -0.05) is 111 Å². The number of rotatable bonds is 12. The Hall–Kier alpha value is -4.28. The third-order valence-corrected chi connectivity index (χ3v) is 12.0. The maximum Gasteiger partial charge on any atom is 0.864 e. The van der Waals surface area contributed by atoms with Crippen molar-refractivity contribution in [2.45, 2.75) is 63.2 Å². The molecule has 5 aromatic carbocycles. The first-order chi connectivity index (χ1) is 23.7. The minimum Gasteiger partial charge on any atom is -0.496 e. The van der Waals surface area contributed by atoms with E-state index in [0.29, 0.717) is 23.0 Å². The molecule has 48 heavy (non-hydrogen) atoms. The summed E-state index contributed by atoms with van der Waals surface area (Å²) in [5.41, 5.74) is 1.62. The van der Waals surface area contributed by atoms with E-state index in [2.05, 4.69) is 36.4 Å². The Kier molecular flexibility index (Phi) is 10.3. The van der Waals surface area contributed by atoms with E-state index in [-0.39, 0.29) is 17.7 Å². The van der Waals surface area contributed by atoms with E-state index < -0.39 is 15.2 Å². The fraction of sp³-hybridized carbons (Fsp3) is 0.268. The van der Waals surface area contributed by atoms with Crippen LogP contribution in [0.25, 0.3) is 0 Å². The Morgan fingerprint density at radius 2 is 1.12 bits per heavy atom. The molecule has 0 amide bonds. The zero-order valence-corrected chi connectivity index (χ0v) is 28.3. The second-order valence-electron chi connectivity index (χ2n) is 12.6. The van der Waals surface area contributed by atoms with Crippen molar-refractivity contribution in [2.75, 3.05) is 7.11 Å². The van der Waals surface area contributed by atoms with Crippen LogP contribution in [0.2, 0.25) is 0 Å². The summed E-state index contributed by atoms with van der Waals surface area (Å²) in [6.45, 7) is 0. The number of ether oxygens (including phenoxy) is 1. The van der Waals surface area contributed by atoms with Crippen molar-refractivity contribution in [3.8, 4) is 23.0 Å². The topological polar surface area (TPSA) is 36.9 Å². The van der Waals surface area contributed by atoms with Gasteiger partial charge in [-0.05, 0) is 92.7 Å². The Morgan fingerprint density at radius 1 is 0.604 bits per heavy atom. The Labute approximate surface area is 285 Å². The fourth-order valence-electron chi connectivity index (χ4n) is 7.29. The summed E-state index contributed by atoms with van der Waals surface area (Å²) in [6, 6.07) is 39.8. The molecule has 2 aliphatic rings. The normalized spacial score (nSPS) is 15.6. The maximum absolute atomic E-state index is 16.8. The molecule has 0 aromatic heterocycles. The van der Waals surface area contributed by atoms with Crippen molar-refractivity contribution in [3.63, 3.8) is 0 Å². The summed E-state index contributed by atoms with van der Waals surface area (Å²) in [7, 11) is -0.613. The van der Waals surface area contributed by atoms with Crippen LogP contribution in [0.4, 0.5) is 4.39 Å². The first-order valence-corrected chi connectivity index (χ1v) is 18.5. The molecule has 5 aromatic rings. The summed E-state index contributed by atoms with van der Waals surface area (Å²) in [5, 5.41) is 3.15. The molecule has 2 fully saturated rings. The van der Waals surface area contributed by atoms with Gasteiger partial charge in [-0.15, -0.1) is 0 Å². The van der Waals surface area contributed by atoms with E-state index in [0.717, 1.165) is 78.4 Å². The van der Waals surface area contributed by atoms with Crippen LogP contribution in [-0.2, 0) is 0 Å². The van der Waals surface area contributed by atoms with Gasteiger partial charge in [0.15, 0.2) is 0 Å². The molecule has 0 heterocycles. The molecule has 0 aliphatic heterocycles. The van der Waals surface area contributed by atoms with E-state index >= 15 is 4.39 Å². The zero-order chi connectivity index (χ0) is 32.7. The van der Waals surface area contributed by atoms with Crippen molar-refractivity contribution in [2.24, 2.45) is 0 Å². The minimum atomic E-state index is -1.24. The molecular formula is C41H41BFO4P. The van der Waals surface area contributed by atoms with Gasteiger partial charge >= 0.3 is 7.32 Å². The van der Waals surface area contributed by atoms with Crippen molar-refractivity contribution in [1.82, 2.24) is 0 Å². The van der Waals surface area contributed by atoms with Gasteiger partial charge in [0.2, 0.25) is 0 Å². The molecule has 244 valence electrons. The predicted molar refractivity (Wildman–Crippen MR) is 195 cm³/mol. The molecule has 0 saturated heterocycles. The van der Waals surface area contributed by atoms with Gasteiger partial charge in [-0.25, -0.2) is 4.39 Å². The van der Waals surface area contributed by atoms with Crippen LogP contribution in [0.3, 0.4) is 0 Å². The standard InChI is InChI=1S/C41H41BFO4P/c1-44-41-38(29-35(30-17-11-12-18-30)40(43)39(41)31-19-13-14-20-31)48(34-25-9-4-10-26-34)37-28-16-15-27-36(37)47-42(45-32-21-5-2-6-22-32)46-33-23-7-3-8-24-33/h2-10,15-16,21-31H,11-14,17-20H2,1H3. The quantitative estimate of drug-likeness (QED) is 0.0989. The summed E-state index contributed by atoms with van der Waals surface area (Å²) >= 11 is 0. The molecule has 0 spiro atoms. The predicted octanol–water partition coefficient (Wildman–Crippen LogP) is 9.43. The molecule has 7 rings (SSSR count). The first-order valence-electron chi connectivity index (χ1n) is 17.1. The van der Waals surface area contributed by atoms with Gasteiger partial charge in [0.05, 0.1) is 7.11 Å². The second-order valence-corrected chi connectivity index (χ2v) is 14.8. The maximum atomic E-state index is 16.8. The first kappa shape index (κ1) is 32.3. The molecule has 0 radical (unpaired) electrons. The molecule has 4 nitrogen and oxygen atoms in total. The lowest BCUT2D eigenvalue weighted by Gasteiger charge is -2.29. The number of para-hydroxylation sites is 3. The monoisotopic (exact) mass is 658 g/mol. The van der Waals surface area contributed by atoms with Crippen LogP contribution in [-0.4, -0.2) is 14.4 Å². The summed E-state index contributed by atoms with van der Waals surface area (Å²) in [4.78, 5) is 0. The number of halogens is 1. The molecule has 2 saturated carbocycles. The highest BCUT2D eigenvalue weighted by molar-refractivity contribution is 7.80. The third-order valence-electron chi connectivity index (χ3n) is 9.56. The van der Waals surface area contributed by atoms with Gasteiger partial charge < -0.3 is 18.7 Å². The van der Waals surface area contributed by atoms with E-state index in [9.17, 15) is 0 Å². The van der Waals surface area contributed by atoms with Crippen LogP contribution < -0.4 is 34.6 Å². The van der Waals surface area contributed by atoms with Crippen molar-refractivity contribution in [1.29, 1.82) is 0 Å². The van der Waals surface area contributed by atoms with Gasteiger partial charge in [-0.2, -0.15) is 0 Å². The van der Waals surface area contributed by atoms with Gasteiger partial charge in [0.25, 0.3) is 0 Å².